The largest absolute Gasteiger partial charge is 0.493 e. The molecule has 1 N–H and O–H groups in total. The first kappa shape index (κ1) is 21.0. The lowest BCUT2D eigenvalue weighted by atomic mass is 10.1. The van der Waals surface area contributed by atoms with Gasteiger partial charge < -0.3 is 14.6 Å². The summed E-state index contributed by atoms with van der Waals surface area (Å²) in [6, 6.07) is 9.43. The lowest BCUT2D eigenvalue weighted by molar-refractivity contribution is -0.114. The molecule has 0 aromatic heterocycles. The van der Waals surface area contributed by atoms with Gasteiger partial charge in [0.2, 0.25) is 0 Å². The number of benzene rings is 2. The molecule has 7 nitrogen and oxygen atoms in total. The second-order valence-electron chi connectivity index (χ2n) is 6.23. The number of halogens is 1. The van der Waals surface area contributed by atoms with Crippen LogP contribution in [0, 0.1) is 12.3 Å². The van der Waals surface area contributed by atoms with Crippen LogP contribution < -0.4 is 14.5 Å². The maximum atomic E-state index is 12.9. The smallest absolute Gasteiger partial charge is 0.337 e. The minimum Gasteiger partial charge on any atom is -0.493 e. The normalized spacial score (nSPS) is 14.5. The predicted molar refractivity (Wildman–Crippen MR) is 114 cm³/mol. The summed E-state index contributed by atoms with van der Waals surface area (Å²) < 4.78 is 10.7. The average Bonchev–Trinajstić information content (AvgIpc) is 3.01. The minimum atomic E-state index is -1.19. The van der Waals surface area contributed by atoms with E-state index in [1.165, 1.54) is 25.3 Å². The molecule has 0 bridgehead atoms. The van der Waals surface area contributed by atoms with Crippen LogP contribution in [0.2, 0.25) is 5.02 Å². The molecule has 0 spiro atoms. The van der Waals surface area contributed by atoms with E-state index < -0.39 is 11.9 Å². The molecule has 0 fully saturated rings. The van der Waals surface area contributed by atoms with Crippen LogP contribution in [0.15, 0.2) is 47.1 Å². The summed E-state index contributed by atoms with van der Waals surface area (Å²) in [5, 5.41) is 14.7. The summed E-state index contributed by atoms with van der Waals surface area (Å²) in [7, 11) is 1.50. The van der Waals surface area contributed by atoms with Crippen LogP contribution in [0.3, 0.4) is 0 Å². The van der Waals surface area contributed by atoms with Crippen molar-refractivity contribution in [2.45, 2.75) is 6.92 Å². The molecular weight excluding hydrogens is 408 g/mol. The predicted octanol–water partition coefficient (Wildman–Crippen LogP) is 3.86. The average molecular weight is 425 g/mol. The van der Waals surface area contributed by atoms with Gasteiger partial charge in [-0.05, 0) is 48.9 Å². The number of hydrazone groups is 1. The van der Waals surface area contributed by atoms with E-state index in [2.05, 4.69) is 11.0 Å². The van der Waals surface area contributed by atoms with Gasteiger partial charge in [-0.3, -0.25) is 4.79 Å². The van der Waals surface area contributed by atoms with Crippen molar-refractivity contribution in [3.8, 4) is 23.8 Å². The molecule has 3 rings (SSSR count). The number of carbonyl (C=O) groups excluding carboxylic acids is 1. The number of carboxylic acid groups (broad SMARTS) is 1. The Morgan fingerprint density at radius 2 is 2.07 bits per heavy atom. The first-order valence-electron chi connectivity index (χ1n) is 8.74. The zero-order valence-corrected chi connectivity index (χ0v) is 16.9. The van der Waals surface area contributed by atoms with Gasteiger partial charge in [0.25, 0.3) is 5.91 Å². The van der Waals surface area contributed by atoms with Gasteiger partial charge in [-0.2, -0.15) is 10.1 Å². The standard InChI is InChI=1S/C22H17ClN2O5/c1-4-9-30-19-8-5-14(11-20(19)29-3)10-16-13(2)24-25(21(16)26)15-6-7-18(23)17(12-15)22(27)28/h1,5-8,10-12H,9H2,2-3H3,(H,27,28). The Labute approximate surface area is 178 Å². The van der Waals surface area contributed by atoms with Crippen molar-refractivity contribution in [2.75, 3.05) is 18.7 Å². The van der Waals surface area contributed by atoms with Gasteiger partial charge in [-0.25, -0.2) is 4.79 Å². The maximum Gasteiger partial charge on any atom is 0.337 e. The number of rotatable bonds is 6. The number of nitrogens with zero attached hydrogens (tertiary/aromatic N) is 2. The van der Waals surface area contributed by atoms with Crippen LogP contribution in [-0.2, 0) is 4.79 Å². The summed E-state index contributed by atoms with van der Waals surface area (Å²) in [6.07, 6.45) is 6.88. The highest BCUT2D eigenvalue weighted by Gasteiger charge is 2.29. The molecule has 0 saturated heterocycles. The van der Waals surface area contributed by atoms with E-state index in [0.717, 1.165) is 5.01 Å². The number of anilines is 1. The number of hydrogen-bond acceptors (Lipinski definition) is 5. The highest BCUT2D eigenvalue weighted by atomic mass is 35.5. The third kappa shape index (κ3) is 4.14. The van der Waals surface area contributed by atoms with Crippen molar-refractivity contribution in [2.24, 2.45) is 5.10 Å². The number of aromatic carboxylic acids is 1. The third-order valence-corrected chi connectivity index (χ3v) is 4.63. The minimum absolute atomic E-state index is 0.0774. The lowest BCUT2D eigenvalue weighted by Crippen LogP contribution is -2.21. The Morgan fingerprint density at radius 3 is 2.73 bits per heavy atom. The zero-order valence-electron chi connectivity index (χ0n) is 16.2. The maximum absolute atomic E-state index is 12.9. The fourth-order valence-corrected chi connectivity index (χ4v) is 3.05. The molecule has 0 atom stereocenters. The summed E-state index contributed by atoms with van der Waals surface area (Å²) >= 11 is 5.91. The van der Waals surface area contributed by atoms with Gasteiger partial charge in [0.15, 0.2) is 11.5 Å². The van der Waals surface area contributed by atoms with Crippen LogP contribution >= 0.6 is 11.6 Å². The van der Waals surface area contributed by atoms with Crippen molar-refractivity contribution < 1.29 is 24.2 Å². The van der Waals surface area contributed by atoms with E-state index in [1.54, 1.807) is 31.2 Å². The summed E-state index contributed by atoms with van der Waals surface area (Å²) in [5.41, 5.74) is 1.74. The summed E-state index contributed by atoms with van der Waals surface area (Å²) in [4.78, 5) is 24.3. The fourth-order valence-electron chi connectivity index (χ4n) is 2.85. The monoisotopic (exact) mass is 424 g/mol. The lowest BCUT2D eigenvalue weighted by Gasteiger charge is -2.13. The van der Waals surface area contributed by atoms with Gasteiger partial charge in [-0.1, -0.05) is 23.6 Å². The third-order valence-electron chi connectivity index (χ3n) is 4.30. The number of ether oxygens (including phenoxy) is 2. The van der Waals surface area contributed by atoms with Crippen LogP contribution in [0.25, 0.3) is 6.08 Å². The van der Waals surface area contributed by atoms with Gasteiger partial charge in [0, 0.05) is 0 Å². The highest BCUT2D eigenvalue weighted by molar-refractivity contribution is 6.34. The molecule has 0 aliphatic carbocycles. The first-order valence-corrected chi connectivity index (χ1v) is 9.12. The zero-order chi connectivity index (χ0) is 21.8. The topological polar surface area (TPSA) is 88.4 Å². The number of hydrogen-bond donors (Lipinski definition) is 1. The van der Waals surface area contributed by atoms with Crippen LogP contribution in [0.4, 0.5) is 5.69 Å². The number of terminal acetylenes is 1. The molecule has 152 valence electrons. The van der Waals surface area contributed by atoms with Crippen molar-refractivity contribution in [1.82, 2.24) is 0 Å². The van der Waals surface area contributed by atoms with E-state index >= 15 is 0 Å². The van der Waals surface area contributed by atoms with Gasteiger partial charge in [0.1, 0.15) is 6.61 Å². The second-order valence-corrected chi connectivity index (χ2v) is 6.64. The molecule has 30 heavy (non-hydrogen) atoms. The molecule has 0 unspecified atom stereocenters. The second kappa shape index (κ2) is 8.72. The van der Waals surface area contributed by atoms with E-state index in [0.29, 0.717) is 34.0 Å². The first-order chi connectivity index (χ1) is 14.3. The quantitative estimate of drug-likeness (QED) is 0.561. The molecule has 0 saturated carbocycles. The molecule has 1 amide bonds. The van der Waals surface area contributed by atoms with E-state index in [1.807, 2.05) is 0 Å². The Hall–Kier alpha value is -3.76. The Bertz CT molecular complexity index is 1130. The molecule has 8 heteroatoms. The van der Waals surface area contributed by atoms with Crippen LogP contribution in [0.5, 0.6) is 11.5 Å². The fraction of sp³-hybridized carbons (Fsp3) is 0.136. The van der Waals surface area contributed by atoms with Crippen molar-refractivity contribution in [3.63, 3.8) is 0 Å². The summed E-state index contributed by atoms with van der Waals surface area (Å²) in [5.74, 6) is 1.77. The number of methoxy groups -OCH3 is 1. The highest BCUT2D eigenvalue weighted by Crippen LogP contribution is 2.31. The Balaban J connectivity index is 1.92. The Kier molecular flexibility index (Phi) is 6.09. The molecule has 0 radical (unpaired) electrons. The Morgan fingerprint density at radius 1 is 1.30 bits per heavy atom. The molecule has 1 aliphatic rings. The molecule has 2 aromatic rings. The molecule has 1 aliphatic heterocycles. The van der Waals surface area contributed by atoms with Crippen LogP contribution in [0.1, 0.15) is 22.8 Å². The van der Waals surface area contributed by atoms with Crippen LogP contribution in [-0.4, -0.2) is 36.4 Å². The molecule has 2 aromatic carbocycles. The van der Waals surface area contributed by atoms with Gasteiger partial charge in [0.05, 0.1) is 34.7 Å². The van der Waals surface area contributed by atoms with Gasteiger partial charge in [-0.15, -0.1) is 6.42 Å². The SMILES string of the molecule is C#CCOc1ccc(C=C2C(=O)N(c3ccc(Cl)c(C(=O)O)c3)N=C2C)cc1OC. The van der Waals surface area contributed by atoms with E-state index in [9.17, 15) is 14.7 Å². The van der Waals surface area contributed by atoms with Crippen molar-refractivity contribution >= 4 is 41.0 Å². The number of amides is 1. The number of carbonyl (C=O) groups is 2. The molecule has 1 heterocycles. The van der Waals surface area contributed by atoms with Crippen molar-refractivity contribution in [1.29, 1.82) is 0 Å². The van der Waals surface area contributed by atoms with Gasteiger partial charge >= 0.3 is 5.97 Å². The summed E-state index contributed by atoms with van der Waals surface area (Å²) in [6.45, 7) is 1.80. The number of carboxylic acids is 1. The van der Waals surface area contributed by atoms with E-state index in [4.69, 9.17) is 27.5 Å². The van der Waals surface area contributed by atoms with E-state index in [-0.39, 0.29) is 17.2 Å². The van der Waals surface area contributed by atoms with Crippen molar-refractivity contribution in [3.05, 3.63) is 58.1 Å². The molecular formula is C22H17ClN2O5.